The van der Waals surface area contributed by atoms with Gasteiger partial charge in [-0.15, -0.1) is 0 Å². The maximum Gasteiger partial charge on any atom is 0.340 e. The fraction of sp³-hybridized carbons (Fsp3) is 0.200. The van der Waals surface area contributed by atoms with Gasteiger partial charge in [-0.2, -0.15) is 4.39 Å². The second-order valence-electron chi connectivity index (χ2n) is 3.37. The van der Waals surface area contributed by atoms with E-state index in [0.29, 0.717) is 6.07 Å². The zero-order valence-electron chi connectivity index (χ0n) is 9.82. The first-order valence-corrected chi connectivity index (χ1v) is 4.81. The molecular formula is C10H8F2N2O5. The van der Waals surface area contributed by atoms with E-state index in [4.69, 9.17) is 0 Å². The van der Waals surface area contributed by atoms with Crippen molar-refractivity contribution in [2.24, 2.45) is 0 Å². The van der Waals surface area contributed by atoms with Gasteiger partial charge >= 0.3 is 11.7 Å². The Labute approximate surface area is 105 Å². The molecule has 0 saturated heterocycles. The van der Waals surface area contributed by atoms with Gasteiger partial charge in [0, 0.05) is 6.92 Å². The van der Waals surface area contributed by atoms with Crippen LogP contribution in [0, 0.1) is 21.7 Å². The highest BCUT2D eigenvalue weighted by molar-refractivity contribution is 6.03. The summed E-state index contributed by atoms with van der Waals surface area (Å²) in [6.07, 6.45) is 0. The summed E-state index contributed by atoms with van der Waals surface area (Å²) in [4.78, 5) is 31.8. The molecule has 0 atom stereocenters. The van der Waals surface area contributed by atoms with Gasteiger partial charge in [0.2, 0.25) is 11.7 Å². The van der Waals surface area contributed by atoms with E-state index >= 15 is 0 Å². The molecule has 9 heteroatoms. The van der Waals surface area contributed by atoms with E-state index in [1.54, 1.807) is 0 Å². The third-order valence-electron chi connectivity index (χ3n) is 2.08. The molecule has 1 N–H and O–H groups in total. The van der Waals surface area contributed by atoms with Gasteiger partial charge in [-0.25, -0.2) is 9.18 Å². The number of halogens is 2. The van der Waals surface area contributed by atoms with Crippen LogP contribution in [0.1, 0.15) is 17.3 Å². The Morgan fingerprint density at radius 2 is 2.00 bits per heavy atom. The van der Waals surface area contributed by atoms with Crippen molar-refractivity contribution in [2.75, 3.05) is 12.4 Å². The van der Waals surface area contributed by atoms with Crippen molar-refractivity contribution in [3.05, 3.63) is 33.4 Å². The van der Waals surface area contributed by atoms with Gasteiger partial charge in [-0.05, 0) is 6.07 Å². The summed E-state index contributed by atoms with van der Waals surface area (Å²) in [5.74, 6) is -5.31. The van der Waals surface area contributed by atoms with E-state index in [0.717, 1.165) is 14.0 Å². The number of carbonyl (C=O) groups is 2. The maximum absolute atomic E-state index is 13.4. The molecule has 0 spiro atoms. The molecule has 1 aromatic rings. The maximum atomic E-state index is 13.4. The van der Waals surface area contributed by atoms with E-state index < -0.39 is 45.4 Å². The van der Waals surface area contributed by atoms with Gasteiger partial charge in [0.25, 0.3) is 0 Å². The molecule has 0 heterocycles. The topological polar surface area (TPSA) is 98.5 Å². The molecule has 102 valence electrons. The van der Waals surface area contributed by atoms with Crippen molar-refractivity contribution >= 4 is 23.3 Å². The summed E-state index contributed by atoms with van der Waals surface area (Å²) in [6.45, 7) is 0.992. The quantitative estimate of drug-likeness (QED) is 0.513. The molecule has 0 unspecified atom stereocenters. The van der Waals surface area contributed by atoms with Crippen molar-refractivity contribution in [1.82, 2.24) is 0 Å². The van der Waals surface area contributed by atoms with Crippen LogP contribution in [0.25, 0.3) is 0 Å². The number of benzene rings is 1. The Kier molecular flexibility index (Phi) is 4.10. The van der Waals surface area contributed by atoms with Crippen LogP contribution in [-0.2, 0) is 9.53 Å². The van der Waals surface area contributed by atoms with Crippen LogP contribution in [0.3, 0.4) is 0 Å². The lowest BCUT2D eigenvalue weighted by molar-refractivity contribution is -0.386. The van der Waals surface area contributed by atoms with Gasteiger partial charge in [0.15, 0.2) is 5.82 Å². The van der Waals surface area contributed by atoms with E-state index in [2.05, 4.69) is 4.74 Å². The number of ether oxygens (including phenoxy) is 1. The van der Waals surface area contributed by atoms with Gasteiger partial charge < -0.3 is 10.1 Å². The summed E-state index contributed by atoms with van der Waals surface area (Å²) in [6, 6.07) is 0.416. The Hall–Kier alpha value is -2.58. The number of nitrogens with one attached hydrogen (secondary N) is 1. The largest absolute Gasteiger partial charge is 0.465 e. The van der Waals surface area contributed by atoms with E-state index in [-0.39, 0.29) is 0 Å². The fourth-order valence-electron chi connectivity index (χ4n) is 1.36. The van der Waals surface area contributed by atoms with Gasteiger partial charge in [-0.1, -0.05) is 0 Å². The van der Waals surface area contributed by atoms with E-state index in [1.165, 1.54) is 0 Å². The number of rotatable bonds is 3. The van der Waals surface area contributed by atoms with Crippen molar-refractivity contribution in [2.45, 2.75) is 6.92 Å². The minimum atomic E-state index is -1.78. The molecule has 0 radical (unpaired) electrons. The van der Waals surface area contributed by atoms with Crippen LogP contribution in [0.4, 0.5) is 20.2 Å². The predicted molar refractivity (Wildman–Crippen MR) is 58.7 cm³/mol. The molecule has 1 amide bonds. The summed E-state index contributed by atoms with van der Waals surface area (Å²) >= 11 is 0. The molecule has 0 saturated carbocycles. The molecule has 0 aliphatic heterocycles. The van der Waals surface area contributed by atoms with Crippen LogP contribution in [0.15, 0.2) is 6.07 Å². The number of amides is 1. The first-order chi connectivity index (χ1) is 8.79. The number of hydrogen-bond acceptors (Lipinski definition) is 5. The monoisotopic (exact) mass is 274 g/mol. The highest BCUT2D eigenvalue weighted by Gasteiger charge is 2.31. The molecule has 0 aliphatic carbocycles. The number of hydrogen-bond donors (Lipinski definition) is 1. The van der Waals surface area contributed by atoms with E-state index in [9.17, 15) is 28.5 Å². The Morgan fingerprint density at radius 1 is 1.42 bits per heavy atom. The number of carbonyl (C=O) groups excluding carboxylic acids is 2. The molecule has 0 aliphatic rings. The Bertz CT molecular complexity index is 574. The van der Waals surface area contributed by atoms with Crippen molar-refractivity contribution in [1.29, 1.82) is 0 Å². The van der Waals surface area contributed by atoms with Crippen LogP contribution < -0.4 is 5.32 Å². The molecule has 0 bridgehead atoms. The van der Waals surface area contributed by atoms with Crippen molar-refractivity contribution in [3.8, 4) is 0 Å². The average Bonchev–Trinajstić information content (AvgIpc) is 2.31. The van der Waals surface area contributed by atoms with Gasteiger partial charge in [0.05, 0.1) is 17.6 Å². The molecule has 0 aromatic heterocycles. The first kappa shape index (κ1) is 14.5. The molecule has 7 nitrogen and oxygen atoms in total. The number of methoxy groups -OCH3 is 1. The summed E-state index contributed by atoms with van der Waals surface area (Å²) in [7, 11) is 0.951. The lowest BCUT2D eigenvalue weighted by Gasteiger charge is -2.10. The van der Waals surface area contributed by atoms with Crippen LogP contribution in [-0.4, -0.2) is 23.9 Å². The smallest absolute Gasteiger partial charge is 0.340 e. The third kappa shape index (κ3) is 2.81. The predicted octanol–water partition coefficient (Wildman–Crippen LogP) is 1.62. The lowest BCUT2D eigenvalue weighted by Crippen LogP contribution is -2.15. The molecular weight excluding hydrogens is 266 g/mol. The summed E-state index contributed by atoms with van der Waals surface area (Å²) < 4.78 is 30.9. The van der Waals surface area contributed by atoms with Gasteiger partial charge in [-0.3, -0.25) is 14.9 Å². The van der Waals surface area contributed by atoms with Crippen LogP contribution >= 0.6 is 0 Å². The number of nitro groups is 1. The van der Waals surface area contributed by atoms with Crippen molar-refractivity contribution < 1.29 is 28.0 Å². The SMILES string of the molecule is COC(=O)c1cc(F)c(F)c([N+](=O)[O-])c1NC(C)=O. The Morgan fingerprint density at radius 3 is 2.42 bits per heavy atom. The van der Waals surface area contributed by atoms with Crippen LogP contribution in [0.5, 0.6) is 0 Å². The normalized spacial score (nSPS) is 9.89. The second kappa shape index (κ2) is 5.38. The first-order valence-electron chi connectivity index (χ1n) is 4.81. The minimum absolute atomic E-state index is 0.416. The fourth-order valence-corrected chi connectivity index (χ4v) is 1.36. The third-order valence-corrected chi connectivity index (χ3v) is 2.08. The number of nitrogens with zero attached hydrogens (tertiary/aromatic N) is 1. The van der Waals surface area contributed by atoms with Gasteiger partial charge in [0.1, 0.15) is 5.69 Å². The molecule has 19 heavy (non-hydrogen) atoms. The standard InChI is InChI=1S/C10H8F2N2O5/c1-4(15)13-8-5(10(16)19-2)3-6(11)7(12)9(8)14(17)18/h3H,1-2H3,(H,13,15). The highest BCUT2D eigenvalue weighted by Crippen LogP contribution is 2.33. The molecule has 1 aromatic carbocycles. The summed E-state index contributed by atoms with van der Waals surface area (Å²) in [5.41, 5.74) is -2.73. The highest BCUT2D eigenvalue weighted by atomic mass is 19.2. The number of esters is 1. The lowest BCUT2D eigenvalue weighted by atomic mass is 10.1. The Balaban J connectivity index is 3.67. The number of nitro benzene ring substituents is 1. The zero-order chi connectivity index (χ0) is 14.7. The molecule has 0 fully saturated rings. The van der Waals surface area contributed by atoms with Crippen LogP contribution in [0.2, 0.25) is 0 Å². The summed E-state index contributed by atoms with van der Waals surface area (Å²) in [5, 5.41) is 12.7. The molecule has 1 rings (SSSR count). The second-order valence-corrected chi connectivity index (χ2v) is 3.37. The van der Waals surface area contributed by atoms with E-state index in [1.807, 2.05) is 5.32 Å². The zero-order valence-corrected chi connectivity index (χ0v) is 9.82. The van der Waals surface area contributed by atoms with Crippen molar-refractivity contribution in [3.63, 3.8) is 0 Å². The minimum Gasteiger partial charge on any atom is -0.465 e. The average molecular weight is 274 g/mol. The number of anilines is 1.